The number of rotatable bonds is 6. The summed E-state index contributed by atoms with van der Waals surface area (Å²) in [5.41, 5.74) is 3.48. The quantitative estimate of drug-likeness (QED) is 0.727. The highest BCUT2D eigenvalue weighted by atomic mass is 19.4. The lowest BCUT2D eigenvalue weighted by Gasteiger charge is -2.24. The molecule has 3 rings (SSSR count). The smallest absolute Gasteiger partial charge is 0.380 e. The van der Waals surface area contributed by atoms with Crippen LogP contribution in [-0.2, 0) is 11.3 Å². The number of hydrogen-bond donors (Lipinski definition) is 1. The fourth-order valence-electron chi connectivity index (χ4n) is 3.29. The zero-order chi connectivity index (χ0) is 20.5. The van der Waals surface area contributed by atoms with Gasteiger partial charge in [-0.05, 0) is 25.5 Å². The minimum atomic E-state index is -4.47. The van der Waals surface area contributed by atoms with E-state index in [1.807, 2.05) is 17.7 Å². The van der Waals surface area contributed by atoms with E-state index in [0.717, 1.165) is 35.5 Å². The van der Waals surface area contributed by atoms with Crippen LogP contribution in [0.2, 0.25) is 0 Å². The highest BCUT2D eigenvalue weighted by molar-refractivity contribution is 5.96. The van der Waals surface area contributed by atoms with Gasteiger partial charge in [-0.3, -0.25) is 4.68 Å². The molecule has 0 amide bonds. The lowest BCUT2D eigenvalue weighted by Crippen LogP contribution is -2.29. The normalized spacial score (nSPS) is 17.7. The van der Waals surface area contributed by atoms with Crippen LogP contribution in [0.3, 0.4) is 0 Å². The maximum absolute atomic E-state index is 13.0. The molecule has 1 unspecified atom stereocenters. The van der Waals surface area contributed by atoms with Crippen molar-refractivity contribution in [1.29, 1.82) is 0 Å². The summed E-state index contributed by atoms with van der Waals surface area (Å²) in [6.07, 6.45) is -0.375. The fourth-order valence-corrected chi connectivity index (χ4v) is 3.29. The van der Waals surface area contributed by atoms with Crippen molar-refractivity contribution >= 4 is 22.3 Å². The standard InChI is InChI=1S/C20H23F3N4O/c1-5-14(20(21,22)23)8-7-13(11-28-4)17-18-19-16(9-12(3)24-18)25-15(6-2)10-27(19)26-17/h5,7-9,15,25H,1,6,10-11H2,2-4H3/b13-7+,14-8+. The minimum Gasteiger partial charge on any atom is -0.380 e. The number of hydrogen-bond acceptors (Lipinski definition) is 4. The van der Waals surface area contributed by atoms with Crippen molar-refractivity contribution < 1.29 is 17.9 Å². The van der Waals surface area contributed by atoms with E-state index in [2.05, 4.69) is 28.9 Å². The monoisotopic (exact) mass is 392 g/mol. The number of pyridine rings is 1. The second-order valence-corrected chi connectivity index (χ2v) is 6.74. The van der Waals surface area contributed by atoms with Crippen molar-refractivity contribution in [3.05, 3.63) is 47.8 Å². The molecule has 0 saturated carbocycles. The van der Waals surface area contributed by atoms with Crippen molar-refractivity contribution in [1.82, 2.24) is 14.8 Å². The van der Waals surface area contributed by atoms with Gasteiger partial charge in [-0.15, -0.1) is 0 Å². The number of aryl methyl sites for hydroxylation is 1. The van der Waals surface area contributed by atoms with E-state index in [1.54, 1.807) is 0 Å². The summed E-state index contributed by atoms with van der Waals surface area (Å²) < 4.78 is 46.2. The van der Waals surface area contributed by atoms with Gasteiger partial charge in [-0.2, -0.15) is 18.3 Å². The molecule has 1 aliphatic rings. The molecule has 5 nitrogen and oxygen atoms in total. The van der Waals surface area contributed by atoms with Crippen LogP contribution in [0.1, 0.15) is 24.7 Å². The Hall–Kier alpha value is -2.61. The van der Waals surface area contributed by atoms with Crippen molar-refractivity contribution in [3.63, 3.8) is 0 Å². The highest BCUT2D eigenvalue weighted by Gasteiger charge is 2.31. The molecule has 1 aliphatic heterocycles. The lowest BCUT2D eigenvalue weighted by molar-refractivity contribution is -0.0881. The van der Waals surface area contributed by atoms with E-state index >= 15 is 0 Å². The van der Waals surface area contributed by atoms with Crippen LogP contribution in [0.15, 0.2) is 36.4 Å². The van der Waals surface area contributed by atoms with Crippen molar-refractivity contribution in [3.8, 4) is 0 Å². The van der Waals surface area contributed by atoms with Crippen molar-refractivity contribution in [2.45, 2.75) is 39.0 Å². The first-order valence-electron chi connectivity index (χ1n) is 9.03. The third kappa shape index (κ3) is 3.82. The molecule has 0 saturated heterocycles. The fraction of sp³-hybridized carbons (Fsp3) is 0.400. The summed E-state index contributed by atoms with van der Waals surface area (Å²) >= 11 is 0. The first-order chi connectivity index (χ1) is 13.3. The van der Waals surface area contributed by atoms with Gasteiger partial charge in [-0.1, -0.05) is 25.7 Å². The average molecular weight is 392 g/mol. The van der Waals surface area contributed by atoms with Gasteiger partial charge in [0.2, 0.25) is 0 Å². The second-order valence-electron chi connectivity index (χ2n) is 6.74. The molecule has 0 fully saturated rings. The molecule has 2 aromatic rings. The molecule has 0 bridgehead atoms. The predicted octanol–water partition coefficient (Wildman–Crippen LogP) is 4.65. The number of allylic oxidation sites excluding steroid dienone is 4. The second kappa shape index (κ2) is 7.79. The van der Waals surface area contributed by atoms with Gasteiger partial charge in [0.05, 0.1) is 24.4 Å². The van der Waals surface area contributed by atoms with E-state index < -0.39 is 11.7 Å². The Balaban J connectivity index is 2.17. The first kappa shape index (κ1) is 20.1. The zero-order valence-corrected chi connectivity index (χ0v) is 16.1. The number of halogens is 3. The number of aromatic nitrogens is 3. The van der Waals surface area contributed by atoms with E-state index in [-0.39, 0.29) is 12.6 Å². The molecule has 0 spiro atoms. The molecule has 150 valence electrons. The Morgan fingerprint density at radius 3 is 2.79 bits per heavy atom. The van der Waals surface area contributed by atoms with Crippen LogP contribution in [0, 0.1) is 6.92 Å². The van der Waals surface area contributed by atoms with Crippen LogP contribution in [0.25, 0.3) is 16.6 Å². The van der Waals surface area contributed by atoms with Gasteiger partial charge in [0.1, 0.15) is 16.7 Å². The van der Waals surface area contributed by atoms with Crippen LogP contribution in [0.4, 0.5) is 18.9 Å². The molecule has 0 radical (unpaired) electrons. The van der Waals surface area contributed by atoms with Crippen LogP contribution in [0.5, 0.6) is 0 Å². The van der Waals surface area contributed by atoms with Crippen molar-refractivity contribution in [2.24, 2.45) is 0 Å². The summed E-state index contributed by atoms with van der Waals surface area (Å²) in [5.74, 6) is 0. The average Bonchev–Trinajstić information content (AvgIpc) is 2.98. The minimum absolute atomic E-state index is 0.112. The summed E-state index contributed by atoms with van der Waals surface area (Å²) in [6.45, 7) is 8.00. The molecular weight excluding hydrogens is 369 g/mol. The summed E-state index contributed by atoms with van der Waals surface area (Å²) in [6, 6.07) is 2.20. The third-order valence-corrected chi connectivity index (χ3v) is 4.69. The first-order valence-corrected chi connectivity index (χ1v) is 9.03. The predicted molar refractivity (Wildman–Crippen MR) is 104 cm³/mol. The zero-order valence-electron chi connectivity index (χ0n) is 16.1. The van der Waals surface area contributed by atoms with Gasteiger partial charge in [0.25, 0.3) is 0 Å². The number of anilines is 1. The number of nitrogens with zero attached hydrogens (tertiary/aromatic N) is 3. The molecule has 0 aromatic carbocycles. The Bertz CT molecular complexity index is 956. The molecule has 8 heteroatoms. The lowest BCUT2D eigenvalue weighted by atomic mass is 10.1. The maximum atomic E-state index is 13.0. The number of nitrogens with one attached hydrogen (secondary N) is 1. The summed E-state index contributed by atoms with van der Waals surface area (Å²) in [7, 11) is 1.49. The highest BCUT2D eigenvalue weighted by Crippen LogP contribution is 2.34. The van der Waals surface area contributed by atoms with Gasteiger partial charge >= 0.3 is 6.18 Å². The largest absolute Gasteiger partial charge is 0.416 e. The molecule has 1 N–H and O–H groups in total. The Morgan fingerprint density at radius 1 is 1.43 bits per heavy atom. The van der Waals surface area contributed by atoms with Gasteiger partial charge in [-0.25, -0.2) is 4.98 Å². The maximum Gasteiger partial charge on any atom is 0.416 e. The topological polar surface area (TPSA) is 52.0 Å². The molecule has 0 aliphatic carbocycles. The SMILES string of the molecule is C=C/C(=C\C=C(/COC)c1nn2c3c(cc(C)nc13)NC(CC)C2)C(F)(F)F. The molecule has 1 atom stereocenters. The molecule has 28 heavy (non-hydrogen) atoms. The van der Waals surface area contributed by atoms with E-state index in [0.29, 0.717) is 23.3 Å². The van der Waals surface area contributed by atoms with Gasteiger partial charge < -0.3 is 10.1 Å². The van der Waals surface area contributed by atoms with E-state index in [1.165, 1.54) is 13.2 Å². The Morgan fingerprint density at radius 2 is 2.18 bits per heavy atom. The number of alkyl halides is 3. The van der Waals surface area contributed by atoms with Gasteiger partial charge in [0.15, 0.2) is 0 Å². The Labute approximate surface area is 161 Å². The van der Waals surface area contributed by atoms with Crippen LogP contribution < -0.4 is 5.32 Å². The molecular formula is C20H23F3N4O. The van der Waals surface area contributed by atoms with Gasteiger partial charge in [0, 0.05) is 24.4 Å². The third-order valence-electron chi connectivity index (χ3n) is 4.69. The summed E-state index contributed by atoms with van der Waals surface area (Å²) in [5, 5.41) is 8.16. The van der Waals surface area contributed by atoms with Crippen LogP contribution in [-0.4, -0.2) is 40.7 Å². The van der Waals surface area contributed by atoms with E-state index in [4.69, 9.17) is 4.74 Å². The van der Waals surface area contributed by atoms with Crippen LogP contribution >= 0.6 is 0 Å². The molecule has 3 heterocycles. The number of methoxy groups -OCH3 is 1. The Kier molecular flexibility index (Phi) is 5.60. The molecule has 2 aromatic heterocycles. The van der Waals surface area contributed by atoms with E-state index in [9.17, 15) is 13.2 Å². The summed E-state index contributed by atoms with van der Waals surface area (Å²) in [4.78, 5) is 4.61. The number of ether oxygens (including phenoxy) is 1. The van der Waals surface area contributed by atoms with Crippen molar-refractivity contribution in [2.75, 3.05) is 19.0 Å².